The van der Waals surface area contributed by atoms with Crippen LogP contribution in [0.15, 0.2) is 12.1 Å². The Bertz CT molecular complexity index is 494. The summed E-state index contributed by atoms with van der Waals surface area (Å²) in [4.78, 5) is 11.9. The van der Waals surface area contributed by atoms with Crippen molar-refractivity contribution < 1.29 is 18.3 Å². The molecule has 0 aromatic heterocycles. The topological polar surface area (TPSA) is 64.4 Å². The van der Waals surface area contributed by atoms with Gasteiger partial charge in [-0.2, -0.15) is 0 Å². The van der Waals surface area contributed by atoms with E-state index < -0.39 is 29.3 Å². The molecule has 1 aromatic rings. The van der Waals surface area contributed by atoms with Crippen LogP contribution < -0.4 is 11.1 Å². The monoisotopic (exact) mass is 270 g/mol. The molecule has 2 atom stereocenters. The van der Waals surface area contributed by atoms with Crippen LogP contribution >= 0.6 is 0 Å². The molecular weight excluding hydrogens is 254 g/mol. The molecule has 2 unspecified atom stereocenters. The van der Waals surface area contributed by atoms with Crippen molar-refractivity contribution in [1.29, 1.82) is 0 Å². The van der Waals surface area contributed by atoms with Gasteiger partial charge in [0.15, 0.2) is 5.82 Å². The predicted molar refractivity (Wildman–Crippen MR) is 66.7 cm³/mol. The van der Waals surface area contributed by atoms with Crippen molar-refractivity contribution in [3.05, 3.63) is 29.3 Å². The Kier molecular flexibility index (Phi) is 4.11. The first kappa shape index (κ1) is 13.9. The minimum Gasteiger partial charge on any atom is -0.364 e. The Labute approximate surface area is 109 Å². The lowest BCUT2D eigenvalue weighted by molar-refractivity contribution is -0.126. The van der Waals surface area contributed by atoms with Gasteiger partial charge in [-0.1, -0.05) is 6.07 Å². The fraction of sp³-hybridized carbons (Fsp3) is 0.462. The standard InChI is InChI=1S/C13H16F2N2O2/c1-7-2-4-9(14)12(11(7)15)17-13(18)10-5-3-8(6-16)19-10/h2,4,8,10H,3,5-6,16H2,1H3,(H,17,18). The predicted octanol–water partition coefficient (Wildman–Crippen LogP) is 1.72. The van der Waals surface area contributed by atoms with Gasteiger partial charge in [-0.3, -0.25) is 4.79 Å². The van der Waals surface area contributed by atoms with E-state index in [4.69, 9.17) is 10.5 Å². The summed E-state index contributed by atoms with van der Waals surface area (Å²) < 4.78 is 32.6. The number of nitrogens with one attached hydrogen (secondary N) is 1. The SMILES string of the molecule is Cc1ccc(F)c(NC(=O)C2CCC(CN)O2)c1F. The smallest absolute Gasteiger partial charge is 0.253 e. The first-order valence-corrected chi connectivity index (χ1v) is 6.14. The van der Waals surface area contributed by atoms with E-state index in [1.807, 2.05) is 0 Å². The van der Waals surface area contributed by atoms with E-state index in [9.17, 15) is 13.6 Å². The average molecular weight is 270 g/mol. The van der Waals surface area contributed by atoms with Crippen LogP contribution in [0.4, 0.5) is 14.5 Å². The van der Waals surface area contributed by atoms with Crippen molar-refractivity contribution in [1.82, 2.24) is 0 Å². The summed E-state index contributed by atoms with van der Waals surface area (Å²) in [5.74, 6) is -2.11. The quantitative estimate of drug-likeness (QED) is 0.879. The zero-order valence-corrected chi connectivity index (χ0v) is 10.6. The van der Waals surface area contributed by atoms with E-state index in [1.165, 1.54) is 13.0 Å². The van der Waals surface area contributed by atoms with E-state index >= 15 is 0 Å². The average Bonchev–Trinajstić information content (AvgIpc) is 2.88. The summed E-state index contributed by atoms with van der Waals surface area (Å²) in [5, 5.41) is 2.25. The number of hydrogen-bond donors (Lipinski definition) is 2. The summed E-state index contributed by atoms with van der Waals surface area (Å²) in [6, 6.07) is 2.43. The second-order valence-electron chi connectivity index (χ2n) is 4.60. The van der Waals surface area contributed by atoms with Gasteiger partial charge in [0.1, 0.15) is 17.6 Å². The highest BCUT2D eigenvalue weighted by Gasteiger charge is 2.30. The van der Waals surface area contributed by atoms with Crippen molar-refractivity contribution in [2.75, 3.05) is 11.9 Å². The van der Waals surface area contributed by atoms with Crippen LogP contribution in [-0.4, -0.2) is 24.7 Å². The fourth-order valence-electron chi connectivity index (χ4n) is 2.05. The van der Waals surface area contributed by atoms with Crippen molar-refractivity contribution in [3.8, 4) is 0 Å². The lowest BCUT2D eigenvalue weighted by Gasteiger charge is -2.14. The van der Waals surface area contributed by atoms with E-state index in [0.29, 0.717) is 19.4 Å². The molecule has 1 fully saturated rings. The van der Waals surface area contributed by atoms with Gasteiger partial charge < -0.3 is 15.8 Å². The summed E-state index contributed by atoms with van der Waals surface area (Å²) in [7, 11) is 0. The number of amides is 1. The van der Waals surface area contributed by atoms with E-state index in [0.717, 1.165) is 6.07 Å². The zero-order valence-electron chi connectivity index (χ0n) is 10.6. The van der Waals surface area contributed by atoms with Crippen LogP contribution in [0, 0.1) is 18.6 Å². The first-order valence-electron chi connectivity index (χ1n) is 6.14. The Morgan fingerprint density at radius 2 is 2.21 bits per heavy atom. The summed E-state index contributed by atoms with van der Waals surface area (Å²) in [6.07, 6.45) is 0.312. The molecule has 0 saturated carbocycles. The Balaban J connectivity index is 2.10. The van der Waals surface area contributed by atoms with Crippen molar-refractivity contribution in [3.63, 3.8) is 0 Å². The highest BCUT2D eigenvalue weighted by Crippen LogP contribution is 2.24. The molecule has 0 aliphatic carbocycles. The first-order chi connectivity index (χ1) is 9.02. The van der Waals surface area contributed by atoms with Gasteiger partial charge in [0.25, 0.3) is 5.91 Å². The molecule has 19 heavy (non-hydrogen) atoms. The normalized spacial score (nSPS) is 22.5. The maximum atomic E-state index is 13.7. The molecule has 1 saturated heterocycles. The Morgan fingerprint density at radius 3 is 2.84 bits per heavy atom. The number of ether oxygens (including phenoxy) is 1. The molecule has 1 aromatic carbocycles. The van der Waals surface area contributed by atoms with Crippen LogP contribution in [0.5, 0.6) is 0 Å². The molecule has 3 N–H and O–H groups in total. The molecular formula is C13H16F2N2O2. The molecule has 1 heterocycles. The van der Waals surface area contributed by atoms with Crippen molar-refractivity contribution >= 4 is 11.6 Å². The van der Waals surface area contributed by atoms with Gasteiger partial charge in [-0.05, 0) is 31.4 Å². The zero-order chi connectivity index (χ0) is 14.0. The van der Waals surface area contributed by atoms with E-state index in [1.54, 1.807) is 0 Å². The minimum atomic E-state index is -0.801. The second kappa shape index (κ2) is 5.63. The third-order valence-corrected chi connectivity index (χ3v) is 3.20. The number of halogens is 2. The number of carbonyl (C=O) groups is 1. The highest BCUT2D eigenvalue weighted by atomic mass is 19.1. The van der Waals surface area contributed by atoms with Crippen molar-refractivity contribution in [2.45, 2.75) is 32.0 Å². The largest absolute Gasteiger partial charge is 0.364 e. The molecule has 1 amide bonds. The van der Waals surface area contributed by atoms with Gasteiger partial charge >= 0.3 is 0 Å². The maximum absolute atomic E-state index is 13.7. The molecule has 104 valence electrons. The molecule has 0 bridgehead atoms. The van der Waals surface area contributed by atoms with Crippen LogP contribution in [0.1, 0.15) is 18.4 Å². The molecule has 0 radical (unpaired) electrons. The molecule has 0 spiro atoms. The number of aryl methyl sites for hydroxylation is 1. The fourth-order valence-corrected chi connectivity index (χ4v) is 2.05. The minimum absolute atomic E-state index is 0.164. The highest BCUT2D eigenvalue weighted by molar-refractivity contribution is 5.94. The van der Waals surface area contributed by atoms with Crippen molar-refractivity contribution in [2.24, 2.45) is 5.73 Å². The lowest BCUT2D eigenvalue weighted by Crippen LogP contribution is -2.30. The summed E-state index contributed by atoms with van der Waals surface area (Å²) in [5.41, 5.74) is 5.28. The summed E-state index contributed by atoms with van der Waals surface area (Å²) in [6.45, 7) is 1.83. The van der Waals surface area contributed by atoms with Gasteiger partial charge in [-0.15, -0.1) is 0 Å². The number of hydrogen-bond acceptors (Lipinski definition) is 3. The number of anilines is 1. The van der Waals surface area contributed by atoms with Gasteiger partial charge in [0.2, 0.25) is 0 Å². The van der Waals surface area contributed by atoms with Crippen LogP contribution in [-0.2, 0) is 9.53 Å². The summed E-state index contributed by atoms with van der Waals surface area (Å²) >= 11 is 0. The third-order valence-electron chi connectivity index (χ3n) is 3.20. The van der Waals surface area contributed by atoms with Gasteiger partial charge in [0, 0.05) is 6.54 Å². The second-order valence-corrected chi connectivity index (χ2v) is 4.60. The number of benzene rings is 1. The van der Waals surface area contributed by atoms with Gasteiger partial charge in [0.05, 0.1) is 6.10 Å². The number of nitrogens with two attached hydrogens (primary N) is 1. The van der Waals surface area contributed by atoms with Crippen LogP contribution in [0.2, 0.25) is 0 Å². The number of carbonyl (C=O) groups excluding carboxylic acids is 1. The van der Waals surface area contributed by atoms with E-state index in [-0.39, 0.29) is 11.7 Å². The maximum Gasteiger partial charge on any atom is 0.253 e. The van der Waals surface area contributed by atoms with Crippen LogP contribution in [0.25, 0.3) is 0 Å². The lowest BCUT2D eigenvalue weighted by atomic mass is 10.1. The molecule has 1 aliphatic rings. The van der Waals surface area contributed by atoms with E-state index in [2.05, 4.69) is 5.32 Å². The van der Waals surface area contributed by atoms with Crippen LogP contribution in [0.3, 0.4) is 0 Å². The third kappa shape index (κ3) is 2.90. The Hall–Kier alpha value is -1.53. The Morgan fingerprint density at radius 1 is 1.47 bits per heavy atom. The number of rotatable bonds is 3. The molecule has 4 nitrogen and oxygen atoms in total. The molecule has 1 aliphatic heterocycles. The molecule has 2 rings (SSSR count). The molecule has 6 heteroatoms. The van der Waals surface area contributed by atoms with Gasteiger partial charge in [-0.25, -0.2) is 8.78 Å².